The molecule has 0 aliphatic heterocycles. The molecule has 1 unspecified atom stereocenters. The zero-order valence-electron chi connectivity index (χ0n) is 9.28. The quantitative estimate of drug-likeness (QED) is 0.663. The van der Waals surface area contributed by atoms with Crippen molar-refractivity contribution in [3.05, 3.63) is 11.7 Å². The van der Waals surface area contributed by atoms with Crippen molar-refractivity contribution in [2.75, 3.05) is 6.54 Å². The van der Waals surface area contributed by atoms with Crippen LogP contribution < -0.4 is 10.6 Å². The molecule has 0 aromatic carbocycles. The SMILES string of the molecule is C#CCNC(=O)C(C)NCc1nc(C)no1. The van der Waals surface area contributed by atoms with E-state index in [9.17, 15) is 4.79 Å². The number of aryl methyl sites for hydroxylation is 1. The summed E-state index contributed by atoms with van der Waals surface area (Å²) in [5, 5.41) is 9.15. The molecule has 0 aliphatic carbocycles. The Bertz CT molecular complexity index is 394. The highest BCUT2D eigenvalue weighted by Gasteiger charge is 2.12. The molecule has 0 aliphatic rings. The highest BCUT2D eigenvalue weighted by molar-refractivity contribution is 5.81. The molecule has 0 radical (unpaired) electrons. The summed E-state index contributed by atoms with van der Waals surface area (Å²) in [6.45, 7) is 4.04. The van der Waals surface area contributed by atoms with Crippen molar-refractivity contribution >= 4 is 5.91 Å². The maximum Gasteiger partial charge on any atom is 0.240 e. The molecule has 6 nitrogen and oxygen atoms in total. The summed E-state index contributed by atoms with van der Waals surface area (Å²) in [6.07, 6.45) is 5.03. The first-order valence-corrected chi connectivity index (χ1v) is 4.87. The normalized spacial score (nSPS) is 11.8. The molecule has 0 saturated carbocycles. The van der Waals surface area contributed by atoms with Crippen molar-refractivity contribution in [2.45, 2.75) is 26.4 Å². The average Bonchev–Trinajstić information content (AvgIpc) is 2.68. The van der Waals surface area contributed by atoms with Crippen LogP contribution in [0, 0.1) is 19.3 Å². The molecule has 0 fully saturated rings. The molecule has 86 valence electrons. The Hall–Kier alpha value is -1.87. The lowest BCUT2D eigenvalue weighted by atomic mass is 10.3. The van der Waals surface area contributed by atoms with Crippen LogP contribution >= 0.6 is 0 Å². The minimum absolute atomic E-state index is 0.158. The topological polar surface area (TPSA) is 80.0 Å². The van der Waals surface area contributed by atoms with E-state index >= 15 is 0 Å². The zero-order valence-corrected chi connectivity index (χ0v) is 9.28. The van der Waals surface area contributed by atoms with Crippen LogP contribution in [0.25, 0.3) is 0 Å². The van der Waals surface area contributed by atoms with Gasteiger partial charge in [-0.25, -0.2) is 0 Å². The Morgan fingerprint density at radius 2 is 2.44 bits per heavy atom. The van der Waals surface area contributed by atoms with Gasteiger partial charge in [0.1, 0.15) is 0 Å². The molecule has 1 atom stereocenters. The number of hydrogen-bond donors (Lipinski definition) is 2. The summed E-state index contributed by atoms with van der Waals surface area (Å²) >= 11 is 0. The first-order chi connectivity index (χ1) is 7.63. The van der Waals surface area contributed by atoms with Gasteiger partial charge in [0, 0.05) is 0 Å². The van der Waals surface area contributed by atoms with E-state index in [0.29, 0.717) is 18.3 Å². The summed E-state index contributed by atoms with van der Waals surface area (Å²) in [6, 6.07) is -0.361. The first-order valence-electron chi connectivity index (χ1n) is 4.87. The average molecular weight is 222 g/mol. The van der Waals surface area contributed by atoms with Crippen LogP contribution in [0.3, 0.4) is 0 Å². The summed E-state index contributed by atoms with van der Waals surface area (Å²) in [5.74, 6) is 3.20. The van der Waals surface area contributed by atoms with Gasteiger partial charge in [-0.3, -0.25) is 10.1 Å². The van der Waals surface area contributed by atoms with E-state index in [0.717, 1.165) is 0 Å². The summed E-state index contributed by atoms with van der Waals surface area (Å²) in [5.41, 5.74) is 0. The van der Waals surface area contributed by atoms with Gasteiger partial charge < -0.3 is 9.84 Å². The Labute approximate surface area is 93.8 Å². The lowest BCUT2D eigenvalue weighted by Crippen LogP contribution is -2.41. The molecule has 16 heavy (non-hydrogen) atoms. The van der Waals surface area contributed by atoms with Gasteiger partial charge >= 0.3 is 0 Å². The van der Waals surface area contributed by atoms with E-state index in [1.165, 1.54) is 0 Å². The van der Waals surface area contributed by atoms with Gasteiger partial charge in [-0.1, -0.05) is 11.1 Å². The van der Waals surface area contributed by atoms with Gasteiger partial charge in [-0.2, -0.15) is 4.98 Å². The van der Waals surface area contributed by atoms with Crippen molar-refractivity contribution < 1.29 is 9.32 Å². The third-order valence-electron chi connectivity index (χ3n) is 1.89. The van der Waals surface area contributed by atoms with Gasteiger partial charge in [0.2, 0.25) is 11.8 Å². The zero-order chi connectivity index (χ0) is 12.0. The third kappa shape index (κ3) is 3.71. The second kappa shape index (κ2) is 5.88. The lowest BCUT2D eigenvalue weighted by Gasteiger charge is -2.10. The second-order valence-electron chi connectivity index (χ2n) is 3.26. The van der Waals surface area contributed by atoms with E-state index in [1.807, 2.05) is 0 Å². The van der Waals surface area contributed by atoms with Gasteiger partial charge in [0.25, 0.3) is 0 Å². The summed E-state index contributed by atoms with van der Waals surface area (Å²) < 4.78 is 4.89. The number of amides is 1. The van der Waals surface area contributed by atoms with Crippen LogP contribution in [0.15, 0.2) is 4.52 Å². The second-order valence-corrected chi connectivity index (χ2v) is 3.26. The summed E-state index contributed by atoms with van der Waals surface area (Å²) in [7, 11) is 0. The number of nitrogens with zero attached hydrogens (tertiary/aromatic N) is 2. The molecule has 1 heterocycles. The fraction of sp³-hybridized carbons (Fsp3) is 0.500. The van der Waals surface area contributed by atoms with E-state index in [4.69, 9.17) is 10.9 Å². The minimum atomic E-state index is -0.361. The van der Waals surface area contributed by atoms with Crippen LogP contribution in [0.2, 0.25) is 0 Å². The number of carbonyl (C=O) groups excluding carboxylic acids is 1. The highest BCUT2D eigenvalue weighted by atomic mass is 16.5. The van der Waals surface area contributed by atoms with Crippen molar-refractivity contribution in [3.63, 3.8) is 0 Å². The largest absolute Gasteiger partial charge is 0.344 e. The number of hydrogen-bond acceptors (Lipinski definition) is 5. The van der Waals surface area contributed by atoms with E-state index in [-0.39, 0.29) is 18.5 Å². The Morgan fingerprint density at radius 1 is 1.69 bits per heavy atom. The van der Waals surface area contributed by atoms with E-state index in [2.05, 4.69) is 26.7 Å². The fourth-order valence-electron chi connectivity index (χ4n) is 1.04. The fourth-order valence-corrected chi connectivity index (χ4v) is 1.04. The van der Waals surface area contributed by atoms with E-state index < -0.39 is 0 Å². The van der Waals surface area contributed by atoms with Crippen LogP contribution in [-0.2, 0) is 11.3 Å². The van der Waals surface area contributed by atoms with Crippen molar-refractivity contribution in [3.8, 4) is 12.3 Å². The van der Waals surface area contributed by atoms with Crippen molar-refractivity contribution in [1.82, 2.24) is 20.8 Å². The van der Waals surface area contributed by atoms with Crippen molar-refractivity contribution in [2.24, 2.45) is 0 Å². The molecule has 0 spiro atoms. The highest BCUT2D eigenvalue weighted by Crippen LogP contribution is 1.95. The number of carbonyl (C=O) groups is 1. The monoisotopic (exact) mass is 222 g/mol. The van der Waals surface area contributed by atoms with Gasteiger partial charge in [0.05, 0.1) is 19.1 Å². The van der Waals surface area contributed by atoms with Crippen LogP contribution in [0.4, 0.5) is 0 Å². The molecule has 2 N–H and O–H groups in total. The molecular formula is C10H14N4O2. The lowest BCUT2D eigenvalue weighted by molar-refractivity contribution is -0.122. The van der Waals surface area contributed by atoms with Crippen LogP contribution in [0.1, 0.15) is 18.6 Å². The molecule has 1 rings (SSSR count). The van der Waals surface area contributed by atoms with Crippen LogP contribution in [0.5, 0.6) is 0 Å². The molecule has 1 aromatic heterocycles. The molecule has 1 aromatic rings. The molecule has 0 saturated heterocycles. The van der Waals surface area contributed by atoms with Gasteiger partial charge in [-0.15, -0.1) is 6.42 Å². The van der Waals surface area contributed by atoms with Crippen molar-refractivity contribution in [1.29, 1.82) is 0 Å². The Morgan fingerprint density at radius 3 is 3.00 bits per heavy atom. The number of aromatic nitrogens is 2. The number of terminal acetylenes is 1. The Balaban J connectivity index is 2.32. The van der Waals surface area contributed by atoms with Gasteiger partial charge in [-0.05, 0) is 13.8 Å². The summed E-state index contributed by atoms with van der Waals surface area (Å²) in [4.78, 5) is 15.4. The van der Waals surface area contributed by atoms with Gasteiger partial charge in [0.15, 0.2) is 5.82 Å². The number of rotatable bonds is 5. The third-order valence-corrected chi connectivity index (χ3v) is 1.89. The number of nitrogens with one attached hydrogen (secondary N) is 2. The maximum atomic E-state index is 11.4. The Kier molecular flexibility index (Phi) is 4.48. The minimum Gasteiger partial charge on any atom is -0.344 e. The molecular weight excluding hydrogens is 208 g/mol. The van der Waals surface area contributed by atoms with E-state index in [1.54, 1.807) is 13.8 Å². The maximum absolute atomic E-state index is 11.4. The first kappa shape index (κ1) is 12.2. The molecule has 0 bridgehead atoms. The standard InChI is InChI=1S/C10H14N4O2/c1-4-5-11-10(15)7(2)12-6-9-13-8(3)14-16-9/h1,7,12H,5-6H2,2-3H3,(H,11,15). The predicted molar refractivity (Wildman–Crippen MR) is 57.2 cm³/mol. The smallest absolute Gasteiger partial charge is 0.240 e. The van der Waals surface area contributed by atoms with Crippen LogP contribution in [-0.4, -0.2) is 28.6 Å². The molecule has 6 heteroatoms. The predicted octanol–water partition coefficient (Wildman–Crippen LogP) is -0.394. The molecule has 1 amide bonds.